The molecule has 0 radical (unpaired) electrons. The molecule has 148 valence electrons. The molecule has 2 fully saturated rings. The van der Waals surface area contributed by atoms with Crippen LogP contribution in [0.1, 0.15) is 29.6 Å². The highest BCUT2D eigenvalue weighted by Gasteiger charge is 2.21. The maximum Gasteiger partial charge on any atom is 0.254 e. The van der Waals surface area contributed by atoms with Crippen LogP contribution in [-0.4, -0.2) is 48.2 Å². The van der Waals surface area contributed by atoms with Gasteiger partial charge in [0.25, 0.3) is 5.91 Å². The second kappa shape index (κ2) is 8.20. The molecule has 0 spiro atoms. The number of nitrogens with zero attached hydrogens (tertiary/aromatic N) is 3. The van der Waals surface area contributed by atoms with Crippen molar-refractivity contribution in [1.82, 2.24) is 9.97 Å². The highest BCUT2D eigenvalue weighted by Crippen LogP contribution is 2.31. The van der Waals surface area contributed by atoms with Crippen LogP contribution >= 0.6 is 11.6 Å². The number of amides is 1. The number of morpholine rings is 1. The molecule has 1 aromatic heterocycles. The zero-order valence-electron chi connectivity index (χ0n) is 15.4. The van der Waals surface area contributed by atoms with Gasteiger partial charge in [0.2, 0.25) is 5.95 Å². The number of halogens is 1. The Morgan fingerprint density at radius 2 is 2.07 bits per heavy atom. The lowest BCUT2D eigenvalue weighted by atomic mass is 9.93. The molecule has 2 aromatic rings. The number of anilines is 4. The van der Waals surface area contributed by atoms with Gasteiger partial charge in [-0.15, -0.1) is 0 Å². The summed E-state index contributed by atoms with van der Waals surface area (Å²) in [6.45, 7) is 3.04. The molecule has 2 heterocycles. The van der Waals surface area contributed by atoms with Gasteiger partial charge in [0.05, 0.1) is 29.5 Å². The lowest BCUT2D eigenvalue weighted by Crippen LogP contribution is -2.36. The largest absolute Gasteiger partial charge is 0.378 e. The Kier molecular flexibility index (Phi) is 5.50. The van der Waals surface area contributed by atoms with Crippen LogP contribution in [0.25, 0.3) is 0 Å². The van der Waals surface area contributed by atoms with Crippen molar-refractivity contribution in [3.05, 3.63) is 35.0 Å². The molecule has 9 heteroatoms. The first-order chi connectivity index (χ1) is 13.6. The van der Waals surface area contributed by atoms with Crippen molar-refractivity contribution in [3.63, 3.8) is 0 Å². The molecule has 4 N–H and O–H groups in total. The van der Waals surface area contributed by atoms with Crippen molar-refractivity contribution in [1.29, 1.82) is 0 Å². The van der Waals surface area contributed by atoms with E-state index in [4.69, 9.17) is 22.1 Å². The summed E-state index contributed by atoms with van der Waals surface area (Å²) in [4.78, 5) is 22.5. The fraction of sp³-hybridized carbons (Fsp3) is 0.421. The van der Waals surface area contributed by atoms with Gasteiger partial charge in [-0.25, -0.2) is 4.98 Å². The molecule has 8 nitrogen and oxygen atoms in total. The Labute approximate surface area is 168 Å². The zero-order valence-corrected chi connectivity index (χ0v) is 16.2. The van der Waals surface area contributed by atoms with E-state index in [0.717, 1.165) is 37.3 Å². The van der Waals surface area contributed by atoms with Gasteiger partial charge in [-0.05, 0) is 37.5 Å². The first-order valence-electron chi connectivity index (χ1n) is 9.43. The smallest absolute Gasteiger partial charge is 0.254 e. The normalized spacial score (nSPS) is 17.1. The average Bonchev–Trinajstić information content (AvgIpc) is 2.65. The van der Waals surface area contributed by atoms with E-state index in [2.05, 4.69) is 25.5 Å². The molecule has 0 atom stereocenters. The molecule has 0 bridgehead atoms. The number of carbonyl (C=O) groups is 1. The third kappa shape index (κ3) is 4.13. The minimum Gasteiger partial charge on any atom is -0.378 e. The number of benzene rings is 1. The molecule has 1 aliphatic heterocycles. The number of nitrogens with two attached hydrogens (primary N) is 1. The standard InChI is InChI=1S/C19H23ClN6O2/c20-15-10-13(4-5-16(15)26-6-8-28-9-7-26)24-19-22-11-14(17(21)27)18(25-19)23-12-2-1-3-12/h4-5,10-12H,1-3,6-9H2,(H2,21,27)(H2,22,23,24,25). The van der Waals surface area contributed by atoms with E-state index in [1.807, 2.05) is 18.2 Å². The van der Waals surface area contributed by atoms with Crippen molar-refractivity contribution < 1.29 is 9.53 Å². The Hall–Kier alpha value is -2.58. The van der Waals surface area contributed by atoms with Crippen LogP contribution in [-0.2, 0) is 4.74 Å². The molecule has 4 rings (SSSR count). The first kappa shape index (κ1) is 18.8. The summed E-state index contributed by atoms with van der Waals surface area (Å²) in [6.07, 6.45) is 4.74. The molecular formula is C19H23ClN6O2. The van der Waals surface area contributed by atoms with E-state index < -0.39 is 5.91 Å². The van der Waals surface area contributed by atoms with Crippen molar-refractivity contribution in [3.8, 4) is 0 Å². The van der Waals surface area contributed by atoms with Crippen molar-refractivity contribution >= 4 is 40.6 Å². The van der Waals surface area contributed by atoms with Crippen molar-refractivity contribution in [2.24, 2.45) is 5.73 Å². The van der Waals surface area contributed by atoms with Crippen molar-refractivity contribution in [2.45, 2.75) is 25.3 Å². The highest BCUT2D eigenvalue weighted by molar-refractivity contribution is 6.33. The highest BCUT2D eigenvalue weighted by atomic mass is 35.5. The van der Waals surface area contributed by atoms with E-state index in [1.54, 1.807) is 0 Å². The van der Waals surface area contributed by atoms with E-state index in [-0.39, 0.29) is 5.56 Å². The topological polar surface area (TPSA) is 105 Å². The Morgan fingerprint density at radius 1 is 1.29 bits per heavy atom. The molecule has 1 amide bonds. The number of aromatic nitrogens is 2. The summed E-state index contributed by atoms with van der Waals surface area (Å²) in [6, 6.07) is 6.07. The van der Waals surface area contributed by atoms with E-state index in [1.165, 1.54) is 12.6 Å². The number of ether oxygens (including phenoxy) is 1. The average molecular weight is 403 g/mol. The van der Waals surface area contributed by atoms with E-state index >= 15 is 0 Å². The third-order valence-electron chi connectivity index (χ3n) is 5.06. The van der Waals surface area contributed by atoms with Gasteiger partial charge in [-0.1, -0.05) is 11.6 Å². The summed E-state index contributed by atoms with van der Waals surface area (Å²) >= 11 is 6.49. The minimum atomic E-state index is -0.550. The molecule has 1 aliphatic carbocycles. The van der Waals surface area contributed by atoms with Gasteiger partial charge in [0, 0.05) is 31.0 Å². The maximum absolute atomic E-state index is 11.7. The third-order valence-corrected chi connectivity index (χ3v) is 5.36. The molecule has 0 unspecified atom stereocenters. The van der Waals surface area contributed by atoms with Gasteiger partial charge in [-0.3, -0.25) is 4.79 Å². The Balaban J connectivity index is 1.52. The van der Waals surface area contributed by atoms with Gasteiger partial charge in [-0.2, -0.15) is 4.98 Å². The summed E-state index contributed by atoms with van der Waals surface area (Å²) in [5.74, 6) is 0.291. The number of rotatable bonds is 6. The van der Waals surface area contributed by atoms with E-state index in [0.29, 0.717) is 36.0 Å². The quantitative estimate of drug-likeness (QED) is 0.682. The van der Waals surface area contributed by atoms with Crippen LogP contribution in [0.3, 0.4) is 0 Å². The van der Waals surface area contributed by atoms with Gasteiger partial charge < -0.3 is 26.0 Å². The van der Waals surface area contributed by atoms with Crippen molar-refractivity contribution in [2.75, 3.05) is 41.8 Å². The van der Waals surface area contributed by atoms with Crippen LogP contribution in [0.2, 0.25) is 5.02 Å². The van der Waals surface area contributed by atoms with Gasteiger partial charge in [0.15, 0.2) is 0 Å². The minimum absolute atomic E-state index is 0.290. The lowest BCUT2D eigenvalue weighted by molar-refractivity contribution is 0.100. The first-order valence-corrected chi connectivity index (χ1v) is 9.80. The second-order valence-electron chi connectivity index (χ2n) is 6.98. The maximum atomic E-state index is 11.7. The Bertz CT molecular complexity index is 867. The number of nitrogens with one attached hydrogen (secondary N) is 2. The predicted molar refractivity (Wildman–Crippen MR) is 110 cm³/mol. The fourth-order valence-corrected chi connectivity index (χ4v) is 3.55. The monoisotopic (exact) mass is 402 g/mol. The molecule has 2 aliphatic rings. The molecule has 28 heavy (non-hydrogen) atoms. The van der Waals surface area contributed by atoms with Gasteiger partial charge >= 0.3 is 0 Å². The summed E-state index contributed by atoms with van der Waals surface area (Å²) in [5, 5.41) is 7.08. The van der Waals surface area contributed by atoms with Crippen LogP contribution in [0.5, 0.6) is 0 Å². The molecular weight excluding hydrogens is 380 g/mol. The second-order valence-corrected chi connectivity index (χ2v) is 7.39. The summed E-state index contributed by atoms with van der Waals surface area (Å²) in [7, 11) is 0. The number of hydrogen-bond donors (Lipinski definition) is 3. The van der Waals surface area contributed by atoms with Crippen LogP contribution in [0.4, 0.5) is 23.1 Å². The van der Waals surface area contributed by atoms with Crippen LogP contribution in [0.15, 0.2) is 24.4 Å². The van der Waals surface area contributed by atoms with Crippen LogP contribution in [0, 0.1) is 0 Å². The zero-order chi connectivity index (χ0) is 19.5. The molecule has 1 saturated carbocycles. The number of hydrogen-bond acceptors (Lipinski definition) is 7. The number of carbonyl (C=O) groups excluding carboxylic acids is 1. The molecule has 1 aromatic carbocycles. The SMILES string of the molecule is NC(=O)c1cnc(Nc2ccc(N3CCOCC3)c(Cl)c2)nc1NC1CCC1. The number of primary amides is 1. The molecule has 1 saturated heterocycles. The predicted octanol–water partition coefficient (Wildman–Crippen LogP) is 2.77. The lowest BCUT2D eigenvalue weighted by Gasteiger charge is -2.29. The summed E-state index contributed by atoms with van der Waals surface area (Å²) < 4.78 is 5.39. The van der Waals surface area contributed by atoms with Crippen LogP contribution < -0.4 is 21.3 Å². The summed E-state index contributed by atoms with van der Waals surface area (Å²) in [5.41, 5.74) is 7.49. The fourth-order valence-electron chi connectivity index (χ4n) is 3.25. The van der Waals surface area contributed by atoms with E-state index in [9.17, 15) is 4.79 Å². The van der Waals surface area contributed by atoms with Gasteiger partial charge in [0.1, 0.15) is 5.82 Å². The Morgan fingerprint density at radius 3 is 2.71 bits per heavy atom.